The number of likely N-dealkylation sites (tertiary alicyclic amines) is 1. The molecule has 0 aliphatic carbocycles. The van der Waals surface area contributed by atoms with Gasteiger partial charge < -0.3 is 4.90 Å². The molecule has 0 bridgehead atoms. The van der Waals surface area contributed by atoms with Gasteiger partial charge in [0.15, 0.2) is 0 Å². The topological polar surface area (TPSA) is 36.4 Å². The quantitative estimate of drug-likeness (QED) is 0.643. The van der Waals surface area contributed by atoms with E-state index in [9.17, 15) is 4.79 Å². The van der Waals surface area contributed by atoms with E-state index in [1.54, 1.807) is 11.3 Å². The van der Waals surface area contributed by atoms with Crippen LogP contribution >= 0.6 is 11.3 Å². The van der Waals surface area contributed by atoms with Gasteiger partial charge in [0, 0.05) is 25.6 Å². The third-order valence-corrected chi connectivity index (χ3v) is 6.61. The fourth-order valence-electron chi connectivity index (χ4n) is 3.86. The van der Waals surface area contributed by atoms with Crippen LogP contribution in [0, 0.1) is 6.92 Å². The van der Waals surface area contributed by atoms with E-state index in [2.05, 4.69) is 54.3 Å². The second-order valence-corrected chi connectivity index (χ2v) is 8.92. The molecular weight excluding hydrogens is 366 g/mol. The number of amides is 1. The summed E-state index contributed by atoms with van der Waals surface area (Å²) in [5.74, 6) is 0.581. The van der Waals surface area contributed by atoms with E-state index in [1.165, 1.54) is 20.8 Å². The van der Waals surface area contributed by atoms with Crippen molar-refractivity contribution < 1.29 is 4.79 Å². The van der Waals surface area contributed by atoms with Crippen LogP contribution in [0.25, 0.3) is 10.2 Å². The van der Waals surface area contributed by atoms with E-state index in [4.69, 9.17) is 4.98 Å². The van der Waals surface area contributed by atoms with Crippen molar-refractivity contribution >= 4 is 27.5 Å². The molecule has 0 saturated carbocycles. The largest absolute Gasteiger partial charge is 0.341 e. The molecule has 1 saturated heterocycles. The number of aromatic nitrogens is 1. The van der Waals surface area contributed by atoms with Gasteiger partial charge in [-0.1, -0.05) is 42.0 Å². The van der Waals surface area contributed by atoms with Crippen molar-refractivity contribution in [2.24, 2.45) is 0 Å². The highest BCUT2D eigenvalue weighted by Crippen LogP contribution is 2.33. The predicted octanol–water partition coefficient (Wildman–Crippen LogP) is 4.44. The molecule has 1 fully saturated rings. The van der Waals surface area contributed by atoms with Crippen LogP contribution in [0.3, 0.4) is 0 Å². The Morgan fingerprint density at radius 2 is 2.00 bits per heavy atom. The first kappa shape index (κ1) is 19.1. The van der Waals surface area contributed by atoms with Crippen molar-refractivity contribution in [1.29, 1.82) is 0 Å². The third-order valence-electron chi connectivity index (χ3n) is 5.41. The molecule has 4 nitrogen and oxygen atoms in total. The summed E-state index contributed by atoms with van der Waals surface area (Å²) in [5, 5.41) is 1.17. The molecule has 1 aromatic heterocycles. The van der Waals surface area contributed by atoms with Gasteiger partial charge in [0.1, 0.15) is 0 Å². The molecule has 4 rings (SSSR count). The Balaban J connectivity index is 1.36. The number of rotatable bonds is 5. The number of aryl methyl sites for hydroxylation is 1. The zero-order chi connectivity index (χ0) is 19.5. The zero-order valence-corrected chi connectivity index (χ0v) is 17.4. The fraction of sp³-hybridized carbons (Fsp3) is 0.391. The van der Waals surface area contributed by atoms with Crippen molar-refractivity contribution in [1.82, 2.24) is 14.8 Å². The monoisotopic (exact) mass is 393 g/mol. The second-order valence-electron chi connectivity index (χ2n) is 7.86. The van der Waals surface area contributed by atoms with E-state index in [0.717, 1.165) is 38.0 Å². The number of para-hydroxylation sites is 1. The number of benzene rings is 2. The zero-order valence-electron chi connectivity index (χ0n) is 16.6. The van der Waals surface area contributed by atoms with E-state index in [-0.39, 0.29) is 5.91 Å². The lowest BCUT2D eigenvalue weighted by Crippen LogP contribution is -2.43. The highest BCUT2D eigenvalue weighted by molar-refractivity contribution is 7.18. The Kier molecular flexibility index (Phi) is 5.74. The maximum atomic E-state index is 12.9. The fourth-order valence-corrected chi connectivity index (χ4v) is 4.96. The first-order valence-electron chi connectivity index (χ1n) is 9.96. The number of hydrogen-bond donors (Lipinski definition) is 0. The van der Waals surface area contributed by atoms with Crippen LogP contribution in [0.4, 0.5) is 0 Å². The summed E-state index contributed by atoms with van der Waals surface area (Å²) in [6.07, 6.45) is 2.16. The highest BCUT2D eigenvalue weighted by atomic mass is 32.1. The number of fused-ring (bicyclic) bond motifs is 1. The molecule has 5 heteroatoms. The van der Waals surface area contributed by atoms with Gasteiger partial charge in [0.05, 0.1) is 21.8 Å². The smallest absolute Gasteiger partial charge is 0.236 e. The Hall–Kier alpha value is -2.24. The van der Waals surface area contributed by atoms with Crippen molar-refractivity contribution in [3.05, 3.63) is 64.7 Å². The molecule has 28 heavy (non-hydrogen) atoms. The van der Waals surface area contributed by atoms with Gasteiger partial charge >= 0.3 is 0 Å². The SMILES string of the molecule is Cc1ccc(CN(C)CC(=O)N2CCC[C@@H](c3nc4ccccc4s3)C2)cc1. The van der Waals surface area contributed by atoms with Crippen molar-refractivity contribution in [2.45, 2.75) is 32.2 Å². The van der Waals surface area contributed by atoms with Crippen LogP contribution in [0.1, 0.15) is 34.9 Å². The number of piperidine rings is 1. The molecule has 2 aromatic carbocycles. The minimum atomic E-state index is 0.223. The van der Waals surface area contributed by atoms with Crippen LogP contribution in [0.15, 0.2) is 48.5 Å². The number of thiazole rings is 1. The summed E-state index contributed by atoms with van der Waals surface area (Å²) in [6.45, 7) is 4.99. The van der Waals surface area contributed by atoms with Crippen LogP contribution < -0.4 is 0 Å². The van der Waals surface area contributed by atoms with Gasteiger partial charge in [0.2, 0.25) is 5.91 Å². The third kappa shape index (κ3) is 4.42. The maximum absolute atomic E-state index is 12.9. The average molecular weight is 394 g/mol. The number of carbonyl (C=O) groups excluding carboxylic acids is 1. The molecule has 1 aliphatic rings. The molecule has 0 unspecified atom stereocenters. The van der Waals surface area contributed by atoms with Gasteiger partial charge in [-0.25, -0.2) is 4.98 Å². The van der Waals surface area contributed by atoms with E-state index in [1.807, 2.05) is 18.0 Å². The van der Waals surface area contributed by atoms with Crippen molar-refractivity contribution in [3.8, 4) is 0 Å². The van der Waals surface area contributed by atoms with Gasteiger partial charge in [-0.05, 0) is 44.5 Å². The molecule has 3 aromatic rings. The predicted molar refractivity (Wildman–Crippen MR) is 116 cm³/mol. The lowest BCUT2D eigenvalue weighted by atomic mass is 9.98. The standard InChI is InChI=1S/C23H27N3OS/c1-17-9-11-18(12-10-17)14-25(2)16-22(27)26-13-5-6-19(15-26)23-24-20-7-3-4-8-21(20)28-23/h3-4,7-12,19H,5-6,13-16H2,1-2H3/t19-/m1/s1. The maximum Gasteiger partial charge on any atom is 0.236 e. The van der Waals surface area contributed by atoms with E-state index >= 15 is 0 Å². The summed E-state index contributed by atoms with van der Waals surface area (Å²) in [4.78, 5) is 21.8. The molecule has 0 N–H and O–H groups in total. The molecular formula is C23H27N3OS. The molecule has 0 spiro atoms. The summed E-state index contributed by atoms with van der Waals surface area (Å²) in [7, 11) is 2.02. The lowest BCUT2D eigenvalue weighted by molar-refractivity contribution is -0.133. The van der Waals surface area contributed by atoms with Crippen molar-refractivity contribution in [3.63, 3.8) is 0 Å². The summed E-state index contributed by atoms with van der Waals surface area (Å²) >= 11 is 1.77. The van der Waals surface area contributed by atoms with E-state index < -0.39 is 0 Å². The first-order valence-corrected chi connectivity index (χ1v) is 10.8. The number of nitrogens with zero attached hydrogens (tertiary/aromatic N) is 3. The van der Waals surface area contributed by atoms with Gasteiger partial charge in [-0.15, -0.1) is 11.3 Å². The Labute approximate surface area is 170 Å². The summed E-state index contributed by atoms with van der Waals surface area (Å²) in [5.41, 5.74) is 3.58. The van der Waals surface area contributed by atoms with Gasteiger partial charge in [-0.2, -0.15) is 0 Å². The minimum Gasteiger partial charge on any atom is -0.341 e. The van der Waals surface area contributed by atoms with Gasteiger partial charge in [-0.3, -0.25) is 9.69 Å². The molecule has 146 valence electrons. The summed E-state index contributed by atoms with van der Waals surface area (Å²) < 4.78 is 1.23. The highest BCUT2D eigenvalue weighted by Gasteiger charge is 2.27. The Morgan fingerprint density at radius 3 is 2.79 bits per heavy atom. The molecule has 2 heterocycles. The lowest BCUT2D eigenvalue weighted by Gasteiger charge is -2.33. The van der Waals surface area contributed by atoms with Crippen LogP contribution in [0.2, 0.25) is 0 Å². The van der Waals surface area contributed by atoms with Crippen LogP contribution in [-0.2, 0) is 11.3 Å². The number of carbonyl (C=O) groups is 1. The molecule has 1 aliphatic heterocycles. The van der Waals surface area contributed by atoms with Crippen molar-refractivity contribution in [2.75, 3.05) is 26.7 Å². The Morgan fingerprint density at radius 1 is 1.21 bits per heavy atom. The number of likely N-dealkylation sites (N-methyl/N-ethyl adjacent to an activating group) is 1. The first-order chi connectivity index (χ1) is 13.6. The van der Waals surface area contributed by atoms with Gasteiger partial charge in [0.25, 0.3) is 0 Å². The average Bonchev–Trinajstić information content (AvgIpc) is 3.14. The summed E-state index contributed by atoms with van der Waals surface area (Å²) in [6, 6.07) is 16.8. The minimum absolute atomic E-state index is 0.223. The molecule has 0 radical (unpaired) electrons. The molecule has 1 amide bonds. The molecule has 1 atom stereocenters. The van der Waals surface area contributed by atoms with E-state index in [0.29, 0.717) is 12.5 Å². The number of hydrogen-bond acceptors (Lipinski definition) is 4. The van der Waals surface area contributed by atoms with Crippen LogP contribution in [0.5, 0.6) is 0 Å². The normalized spacial score (nSPS) is 17.4. The second kappa shape index (κ2) is 8.41. The van der Waals surface area contributed by atoms with Crippen LogP contribution in [-0.4, -0.2) is 47.4 Å². The Bertz CT molecular complexity index is 917.